The fraction of sp³-hybridized carbons (Fsp3) is 0.304. The summed E-state index contributed by atoms with van der Waals surface area (Å²) in [6.07, 6.45) is 0.672. The van der Waals surface area contributed by atoms with E-state index in [9.17, 15) is 19.2 Å². The predicted octanol–water partition coefficient (Wildman–Crippen LogP) is 3.74. The topological polar surface area (TPSA) is 93.2 Å². The van der Waals surface area contributed by atoms with E-state index in [0.717, 1.165) is 0 Å². The molecular weight excluding hydrogens is 400 g/mol. The number of carbonyl (C=O) groups is 4. The molecule has 0 N–H and O–H groups in total. The highest BCUT2D eigenvalue weighted by Crippen LogP contribution is 2.32. The zero-order chi connectivity index (χ0) is 22.3. The summed E-state index contributed by atoms with van der Waals surface area (Å²) in [4.78, 5) is 57.2. The van der Waals surface area contributed by atoms with Crippen molar-refractivity contribution in [2.45, 2.75) is 39.2 Å². The van der Waals surface area contributed by atoms with Crippen molar-refractivity contribution >= 4 is 29.6 Å². The lowest BCUT2D eigenvalue weighted by atomic mass is 9.96. The minimum Gasteiger partial charge on any atom is -0.443 e. The van der Waals surface area contributed by atoms with Crippen LogP contribution in [0.15, 0.2) is 42.5 Å². The van der Waals surface area contributed by atoms with E-state index in [2.05, 4.69) is 0 Å². The minimum atomic E-state index is -0.836. The van der Waals surface area contributed by atoms with Gasteiger partial charge in [-0.05, 0) is 63.4 Å². The molecule has 2 aliphatic heterocycles. The van der Waals surface area contributed by atoms with Crippen LogP contribution in [0.25, 0.3) is 0 Å². The van der Waals surface area contributed by atoms with Crippen molar-refractivity contribution in [3.8, 4) is 0 Å². The van der Waals surface area contributed by atoms with Crippen molar-refractivity contribution in [1.82, 2.24) is 5.06 Å². The molecule has 8 heteroatoms. The number of ether oxygens (including phenoxy) is 1. The number of carbonyl (C=O) groups excluding carboxylic acids is 4. The Balaban J connectivity index is 1.60. The smallest absolute Gasteiger partial charge is 0.414 e. The number of nitrogens with zero attached hydrogens (tertiary/aromatic N) is 2. The Morgan fingerprint density at radius 2 is 1.58 bits per heavy atom. The minimum absolute atomic E-state index is 0.187. The molecule has 0 spiro atoms. The molecule has 0 aromatic heterocycles. The number of hydrogen-bond donors (Lipinski definition) is 0. The first-order valence-electron chi connectivity index (χ1n) is 10.00. The summed E-state index contributed by atoms with van der Waals surface area (Å²) in [5.74, 6) is -2.21. The average molecular weight is 422 g/mol. The van der Waals surface area contributed by atoms with Crippen LogP contribution in [0.1, 0.15) is 63.8 Å². The molecule has 0 fully saturated rings. The zero-order valence-electron chi connectivity index (χ0n) is 17.5. The molecule has 4 rings (SSSR count). The van der Waals surface area contributed by atoms with Crippen LogP contribution in [0.3, 0.4) is 0 Å². The monoisotopic (exact) mass is 422 g/mol. The maximum Gasteiger partial charge on any atom is 0.414 e. The fourth-order valence-corrected chi connectivity index (χ4v) is 3.70. The molecule has 8 nitrogen and oxygen atoms in total. The number of benzene rings is 2. The Morgan fingerprint density at radius 3 is 2.19 bits per heavy atom. The second-order valence-electron chi connectivity index (χ2n) is 8.37. The second-order valence-corrected chi connectivity index (χ2v) is 8.37. The number of amides is 3. The van der Waals surface area contributed by atoms with Crippen LogP contribution in [0.4, 0.5) is 10.5 Å². The average Bonchev–Trinajstić information content (AvgIpc) is 2.96. The molecule has 0 radical (unpaired) electrons. The quantitative estimate of drug-likeness (QED) is 0.685. The highest BCUT2D eigenvalue weighted by molar-refractivity contribution is 6.21. The molecule has 0 aliphatic carbocycles. The van der Waals surface area contributed by atoms with Gasteiger partial charge in [-0.15, -0.1) is 0 Å². The van der Waals surface area contributed by atoms with Gasteiger partial charge < -0.3 is 9.57 Å². The van der Waals surface area contributed by atoms with E-state index < -0.39 is 29.5 Å². The summed E-state index contributed by atoms with van der Waals surface area (Å²) in [6, 6.07) is 11.2. The maximum absolute atomic E-state index is 12.9. The van der Waals surface area contributed by atoms with E-state index in [-0.39, 0.29) is 16.7 Å². The highest BCUT2D eigenvalue weighted by Gasteiger charge is 2.39. The number of fused-ring (bicyclic) bond motifs is 2. The van der Waals surface area contributed by atoms with E-state index in [4.69, 9.17) is 9.57 Å². The van der Waals surface area contributed by atoms with E-state index in [1.807, 2.05) is 0 Å². The van der Waals surface area contributed by atoms with Crippen LogP contribution in [0, 0.1) is 0 Å². The fourth-order valence-electron chi connectivity index (χ4n) is 3.70. The third kappa shape index (κ3) is 3.76. The molecular formula is C23H22N2O6. The molecule has 0 bridgehead atoms. The normalized spacial score (nSPS) is 15.5. The van der Waals surface area contributed by atoms with Crippen LogP contribution in [0.2, 0.25) is 0 Å². The lowest BCUT2D eigenvalue weighted by Crippen LogP contribution is -2.40. The third-order valence-corrected chi connectivity index (χ3v) is 5.02. The van der Waals surface area contributed by atoms with Gasteiger partial charge in [0.2, 0.25) is 0 Å². The van der Waals surface area contributed by atoms with Crippen LogP contribution < -0.4 is 4.90 Å². The van der Waals surface area contributed by atoms with E-state index in [0.29, 0.717) is 35.7 Å². The summed E-state index contributed by atoms with van der Waals surface area (Å²) < 4.78 is 5.48. The van der Waals surface area contributed by atoms with Crippen molar-refractivity contribution in [3.05, 3.63) is 64.7 Å². The summed E-state index contributed by atoms with van der Waals surface area (Å²) in [6.45, 7) is 5.81. The molecule has 0 saturated carbocycles. The standard InChI is InChI=1S/C23H22N2O6/c1-23(2,3)30-22(29)24-13-7-11-14-17(10-6-12-18(14)24)21(28)31-25-19(26)15-8-4-5-9-16(15)20(25)27/h4-6,8-10,12H,7,11,13H2,1-3H3. The Morgan fingerprint density at radius 1 is 0.935 bits per heavy atom. The summed E-state index contributed by atoms with van der Waals surface area (Å²) in [5, 5.41) is 0.487. The molecule has 0 atom stereocenters. The Kier molecular flexibility index (Phi) is 5.00. The molecule has 2 aliphatic rings. The molecule has 2 aromatic carbocycles. The molecule has 2 heterocycles. The van der Waals surface area contributed by atoms with E-state index in [1.54, 1.807) is 51.1 Å². The van der Waals surface area contributed by atoms with Crippen LogP contribution in [0.5, 0.6) is 0 Å². The lowest BCUT2D eigenvalue weighted by molar-refractivity contribution is -0.0585. The van der Waals surface area contributed by atoms with Gasteiger partial charge in [0, 0.05) is 6.54 Å². The highest BCUT2D eigenvalue weighted by atomic mass is 16.7. The van der Waals surface area contributed by atoms with Crippen molar-refractivity contribution in [2.24, 2.45) is 0 Å². The number of imide groups is 1. The number of hydroxylamine groups is 2. The number of anilines is 1. The molecule has 2 aromatic rings. The number of hydrogen-bond acceptors (Lipinski definition) is 6. The van der Waals surface area contributed by atoms with Crippen LogP contribution in [-0.2, 0) is 16.0 Å². The maximum atomic E-state index is 12.9. The van der Waals surface area contributed by atoms with Crippen molar-refractivity contribution < 1.29 is 28.8 Å². The van der Waals surface area contributed by atoms with Crippen molar-refractivity contribution in [1.29, 1.82) is 0 Å². The second kappa shape index (κ2) is 7.54. The largest absolute Gasteiger partial charge is 0.443 e. The van der Waals surface area contributed by atoms with E-state index >= 15 is 0 Å². The SMILES string of the molecule is CC(C)(C)OC(=O)N1CCCc2c(C(=O)ON3C(=O)c4ccccc4C3=O)cccc21. The Hall–Kier alpha value is -3.68. The molecule has 3 amide bonds. The van der Waals surface area contributed by atoms with Gasteiger partial charge in [0.05, 0.1) is 22.4 Å². The first-order valence-corrected chi connectivity index (χ1v) is 10.00. The number of rotatable bonds is 2. The Bertz CT molecular complexity index is 1070. The van der Waals surface area contributed by atoms with Gasteiger partial charge in [-0.1, -0.05) is 23.3 Å². The molecule has 31 heavy (non-hydrogen) atoms. The first-order chi connectivity index (χ1) is 14.7. The van der Waals surface area contributed by atoms with Crippen molar-refractivity contribution in [3.63, 3.8) is 0 Å². The Labute approximate surface area is 179 Å². The summed E-state index contributed by atoms with van der Waals surface area (Å²) in [7, 11) is 0. The first kappa shape index (κ1) is 20.6. The third-order valence-electron chi connectivity index (χ3n) is 5.02. The van der Waals surface area contributed by atoms with Crippen LogP contribution >= 0.6 is 0 Å². The zero-order valence-corrected chi connectivity index (χ0v) is 17.5. The van der Waals surface area contributed by atoms with Gasteiger partial charge in [0.15, 0.2) is 0 Å². The molecule has 0 saturated heterocycles. The summed E-state index contributed by atoms with van der Waals surface area (Å²) >= 11 is 0. The van der Waals surface area contributed by atoms with Gasteiger partial charge in [0.1, 0.15) is 5.60 Å². The van der Waals surface area contributed by atoms with Crippen molar-refractivity contribution in [2.75, 3.05) is 11.4 Å². The molecule has 0 unspecified atom stereocenters. The lowest BCUT2D eigenvalue weighted by Gasteiger charge is -2.32. The van der Waals surface area contributed by atoms with Gasteiger partial charge >= 0.3 is 12.1 Å². The van der Waals surface area contributed by atoms with Gasteiger partial charge in [0.25, 0.3) is 11.8 Å². The summed E-state index contributed by atoms with van der Waals surface area (Å²) in [5.41, 5.74) is 1.08. The van der Waals surface area contributed by atoms with Crippen LogP contribution in [-0.4, -0.2) is 41.1 Å². The van der Waals surface area contributed by atoms with E-state index in [1.165, 1.54) is 17.0 Å². The van der Waals surface area contributed by atoms with Gasteiger partial charge in [-0.25, -0.2) is 9.59 Å². The van der Waals surface area contributed by atoms with Gasteiger partial charge in [-0.3, -0.25) is 14.5 Å². The van der Waals surface area contributed by atoms with Gasteiger partial charge in [-0.2, -0.15) is 0 Å². The molecule has 160 valence electrons. The predicted molar refractivity (Wildman–Crippen MR) is 111 cm³/mol.